The lowest BCUT2D eigenvalue weighted by atomic mass is 9.94. The van der Waals surface area contributed by atoms with Crippen LogP contribution in [-0.4, -0.2) is 35.0 Å². The van der Waals surface area contributed by atoms with Crippen LogP contribution in [0.15, 0.2) is 103 Å². The van der Waals surface area contributed by atoms with Crippen LogP contribution in [0.5, 0.6) is 0 Å². The van der Waals surface area contributed by atoms with Crippen molar-refractivity contribution in [1.29, 1.82) is 0 Å². The van der Waals surface area contributed by atoms with Gasteiger partial charge in [-0.1, -0.05) is 98.9 Å². The van der Waals surface area contributed by atoms with Crippen molar-refractivity contribution in [2.24, 2.45) is 0 Å². The number of hydrogen-bond acceptors (Lipinski definition) is 3. The molecule has 0 aromatic heterocycles. The predicted molar refractivity (Wildman–Crippen MR) is 165 cm³/mol. The minimum absolute atomic E-state index is 0.358. The fourth-order valence-corrected chi connectivity index (χ4v) is 7.45. The fraction of sp³-hybridized carbons (Fsp3) is 0.212. The first-order valence-corrected chi connectivity index (χ1v) is 16.1. The second-order valence-corrected chi connectivity index (χ2v) is 12.7. The summed E-state index contributed by atoms with van der Waals surface area (Å²) in [6, 6.07) is 34.3. The molecule has 2 atom stereocenters. The molecule has 4 aromatic rings. The second kappa shape index (κ2) is 14.1. The Hall–Kier alpha value is -3.40. The third kappa shape index (κ3) is 7.81. The van der Waals surface area contributed by atoms with Gasteiger partial charge in [-0.05, 0) is 82.9 Å². The van der Waals surface area contributed by atoms with Crippen molar-refractivity contribution in [1.82, 2.24) is 5.32 Å². The maximum atomic E-state index is 13.4. The lowest BCUT2D eigenvalue weighted by Crippen LogP contribution is -2.41. The van der Waals surface area contributed by atoms with Gasteiger partial charge in [0.1, 0.15) is 6.04 Å². The van der Waals surface area contributed by atoms with Crippen molar-refractivity contribution in [2.45, 2.75) is 31.7 Å². The van der Waals surface area contributed by atoms with Crippen molar-refractivity contribution in [3.05, 3.63) is 125 Å². The molecule has 39 heavy (non-hydrogen) atoms. The van der Waals surface area contributed by atoms with Crippen LogP contribution in [-0.2, 0) is 17.1 Å². The largest absolute Gasteiger partial charge is 0.480 e. The van der Waals surface area contributed by atoms with Gasteiger partial charge in [0.2, 0.25) is 0 Å². The molecule has 6 heteroatoms. The molecule has 0 bridgehead atoms. The highest BCUT2D eigenvalue weighted by Crippen LogP contribution is 2.43. The van der Waals surface area contributed by atoms with E-state index in [1.807, 2.05) is 61.7 Å². The summed E-state index contributed by atoms with van der Waals surface area (Å²) < 4.78 is 0. The lowest BCUT2D eigenvalue weighted by Gasteiger charge is -2.21. The Kier molecular flexibility index (Phi) is 10.4. The molecule has 0 aliphatic carbocycles. The van der Waals surface area contributed by atoms with E-state index in [0.717, 1.165) is 34.6 Å². The molecule has 0 saturated heterocycles. The van der Waals surface area contributed by atoms with Crippen molar-refractivity contribution in [2.75, 3.05) is 12.0 Å². The molecule has 0 aliphatic rings. The summed E-state index contributed by atoms with van der Waals surface area (Å²) in [6.07, 6.45) is 4.15. The number of hydrogen-bond donors (Lipinski definition) is 2. The van der Waals surface area contributed by atoms with Gasteiger partial charge in [0.15, 0.2) is 0 Å². The van der Waals surface area contributed by atoms with Crippen LogP contribution in [0.3, 0.4) is 0 Å². The van der Waals surface area contributed by atoms with Gasteiger partial charge in [-0.2, -0.15) is 11.8 Å². The molecule has 2 N–H and O–H groups in total. The third-order valence-corrected chi connectivity index (χ3v) is 9.86. The molecule has 0 saturated carbocycles. The zero-order valence-electron chi connectivity index (χ0n) is 22.3. The quantitative estimate of drug-likeness (QED) is 0.183. The van der Waals surface area contributed by atoms with E-state index in [9.17, 15) is 14.7 Å². The first-order valence-electron chi connectivity index (χ1n) is 13.0. The SMILES string of the molecule is CSCCC(NC(=O)c1ccc(CP(Cc2ccccc2)c2ccccc2)cc1-c1ccccc1C)C(=O)O. The average Bonchev–Trinajstić information content (AvgIpc) is 2.96. The number of carboxylic acids is 1. The first kappa shape index (κ1) is 28.6. The predicted octanol–water partition coefficient (Wildman–Crippen LogP) is 7.11. The smallest absolute Gasteiger partial charge is 0.326 e. The van der Waals surface area contributed by atoms with E-state index in [1.54, 1.807) is 11.8 Å². The van der Waals surface area contributed by atoms with E-state index >= 15 is 0 Å². The summed E-state index contributed by atoms with van der Waals surface area (Å²) in [5.41, 5.74) is 5.85. The number of thioether (sulfide) groups is 1. The van der Waals surface area contributed by atoms with E-state index in [1.165, 1.54) is 10.9 Å². The third-order valence-electron chi connectivity index (χ3n) is 6.69. The number of aliphatic carboxylic acids is 1. The monoisotopic (exact) mass is 555 g/mol. The number of carbonyl (C=O) groups is 2. The molecular formula is C33H34NO3PS. The minimum Gasteiger partial charge on any atom is -0.480 e. The summed E-state index contributed by atoms with van der Waals surface area (Å²) in [4.78, 5) is 25.3. The number of benzene rings is 4. The summed E-state index contributed by atoms with van der Waals surface area (Å²) in [7, 11) is -0.532. The Morgan fingerprint density at radius 2 is 1.46 bits per heavy atom. The van der Waals surface area contributed by atoms with E-state index in [-0.39, 0.29) is 5.91 Å². The molecule has 4 aromatic carbocycles. The zero-order valence-corrected chi connectivity index (χ0v) is 24.1. The number of carbonyl (C=O) groups excluding carboxylic acids is 1. The van der Waals surface area contributed by atoms with E-state index in [4.69, 9.17) is 0 Å². The number of aryl methyl sites for hydroxylation is 1. The minimum atomic E-state index is -1.01. The second-order valence-electron chi connectivity index (χ2n) is 9.52. The Bertz CT molecular complexity index is 1390. The van der Waals surface area contributed by atoms with Crippen LogP contribution in [0.1, 0.15) is 33.5 Å². The number of rotatable bonds is 12. The molecule has 0 fully saturated rings. The van der Waals surface area contributed by atoms with Gasteiger partial charge in [-0.15, -0.1) is 0 Å². The molecule has 4 rings (SSSR count). The number of carboxylic acid groups (broad SMARTS) is 1. The number of amides is 1. The van der Waals surface area contributed by atoms with Crippen molar-refractivity contribution < 1.29 is 14.7 Å². The van der Waals surface area contributed by atoms with Crippen LogP contribution in [0.2, 0.25) is 0 Å². The summed E-state index contributed by atoms with van der Waals surface area (Å²) >= 11 is 1.57. The average molecular weight is 556 g/mol. The summed E-state index contributed by atoms with van der Waals surface area (Å²) in [6.45, 7) is 2.04. The topological polar surface area (TPSA) is 66.4 Å². The molecule has 4 nitrogen and oxygen atoms in total. The first-order chi connectivity index (χ1) is 19.0. The van der Waals surface area contributed by atoms with Gasteiger partial charge in [-0.3, -0.25) is 4.79 Å². The summed E-state index contributed by atoms with van der Waals surface area (Å²) in [5.74, 6) is -0.713. The number of nitrogens with one attached hydrogen (secondary N) is 1. The van der Waals surface area contributed by atoms with Gasteiger partial charge in [0, 0.05) is 5.56 Å². The molecule has 0 heterocycles. The van der Waals surface area contributed by atoms with Gasteiger partial charge in [0.25, 0.3) is 5.91 Å². The zero-order chi connectivity index (χ0) is 27.6. The highest BCUT2D eigenvalue weighted by Gasteiger charge is 2.23. The van der Waals surface area contributed by atoms with Crippen LogP contribution in [0.25, 0.3) is 11.1 Å². The van der Waals surface area contributed by atoms with Gasteiger partial charge in [0.05, 0.1) is 0 Å². The van der Waals surface area contributed by atoms with Crippen molar-refractivity contribution in [3.63, 3.8) is 0 Å². The van der Waals surface area contributed by atoms with Crippen LogP contribution in [0.4, 0.5) is 0 Å². The Morgan fingerprint density at radius 3 is 2.13 bits per heavy atom. The van der Waals surface area contributed by atoms with E-state index in [2.05, 4.69) is 59.9 Å². The molecule has 200 valence electrons. The fourth-order valence-electron chi connectivity index (χ4n) is 4.62. The molecule has 0 radical (unpaired) electrons. The van der Waals surface area contributed by atoms with Crippen LogP contribution < -0.4 is 10.6 Å². The van der Waals surface area contributed by atoms with Gasteiger partial charge in [-0.25, -0.2) is 4.79 Å². The van der Waals surface area contributed by atoms with Gasteiger partial charge >= 0.3 is 5.97 Å². The van der Waals surface area contributed by atoms with Gasteiger partial charge < -0.3 is 10.4 Å². The Morgan fingerprint density at radius 1 is 0.821 bits per heavy atom. The van der Waals surface area contributed by atoms with Crippen molar-refractivity contribution >= 4 is 36.9 Å². The van der Waals surface area contributed by atoms with Crippen LogP contribution in [0, 0.1) is 6.92 Å². The normalized spacial score (nSPS) is 12.5. The van der Waals surface area contributed by atoms with E-state index < -0.39 is 19.9 Å². The van der Waals surface area contributed by atoms with Crippen LogP contribution >= 0.6 is 19.7 Å². The lowest BCUT2D eigenvalue weighted by molar-refractivity contribution is -0.139. The summed E-state index contributed by atoms with van der Waals surface area (Å²) in [5, 5.41) is 13.8. The van der Waals surface area contributed by atoms with Crippen molar-refractivity contribution in [3.8, 4) is 11.1 Å². The molecule has 1 amide bonds. The molecule has 0 aliphatic heterocycles. The highest BCUT2D eigenvalue weighted by molar-refractivity contribution is 7.98. The molecule has 0 spiro atoms. The standard InChI is InChI=1S/C33H34NO3PS/c1-24-11-9-10-16-28(24)30-21-26(17-18-29(30)32(35)34-31(33(36)37)19-20-39-2)23-38(27-14-7-4-8-15-27)22-25-12-5-3-6-13-25/h3-18,21,31H,19-20,22-23H2,1-2H3,(H,34,35)(H,36,37). The molecular weight excluding hydrogens is 521 g/mol. The highest BCUT2D eigenvalue weighted by atomic mass is 32.2. The Labute approximate surface area is 236 Å². The van der Waals surface area contributed by atoms with E-state index in [0.29, 0.717) is 17.7 Å². The maximum Gasteiger partial charge on any atom is 0.326 e. The molecule has 2 unspecified atom stereocenters. The Balaban J connectivity index is 1.70. The maximum absolute atomic E-state index is 13.4.